The second-order valence-corrected chi connectivity index (χ2v) is 7.18. The van der Waals surface area contributed by atoms with Crippen LogP contribution in [0.4, 0.5) is 19.3 Å². The van der Waals surface area contributed by atoms with Crippen molar-refractivity contribution in [2.45, 2.75) is 19.9 Å². The Balaban J connectivity index is 1.42. The fourth-order valence-corrected chi connectivity index (χ4v) is 3.49. The van der Waals surface area contributed by atoms with E-state index in [-0.39, 0.29) is 11.9 Å². The number of carbonyl (C=O) groups is 1. The van der Waals surface area contributed by atoms with Crippen molar-refractivity contribution in [1.82, 2.24) is 15.6 Å². The number of hydrogen-bond acceptors (Lipinski definition) is 4. The first kappa shape index (κ1) is 17.6. The van der Waals surface area contributed by atoms with Gasteiger partial charge >= 0.3 is 6.03 Å². The molecule has 5 nitrogen and oxygen atoms in total. The first-order valence-corrected chi connectivity index (χ1v) is 9.02. The van der Waals surface area contributed by atoms with Crippen LogP contribution in [0.25, 0.3) is 0 Å². The number of carbonyl (C=O) groups excluding carboxylic acids is 1. The first-order chi connectivity index (χ1) is 12.0. The lowest BCUT2D eigenvalue weighted by Crippen LogP contribution is -2.38. The van der Waals surface area contributed by atoms with Gasteiger partial charge in [-0.3, -0.25) is 0 Å². The number of nitrogens with one attached hydrogen (secondary N) is 2. The third-order valence-electron chi connectivity index (χ3n) is 4.20. The minimum absolute atomic E-state index is 0.225. The fraction of sp³-hybridized carbons (Fsp3) is 0.412. The number of urea groups is 1. The van der Waals surface area contributed by atoms with E-state index in [0.29, 0.717) is 25.3 Å². The summed E-state index contributed by atoms with van der Waals surface area (Å²) in [6.45, 7) is 4.34. The van der Waals surface area contributed by atoms with Crippen LogP contribution in [-0.4, -0.2) is 30.6 Å². The van der Waals surface area contributed by atoms with Gasteiger partial charge in [-0.1, -0.05) is 0 Å². The predicted octanol–water partition coefficient (Wildman–Crippen LogP) is 3.06. The number of thiazole rings is 1. The Morgan fingerprint density at radius 1 is 1.36 bits per heavy atom. The van der Waals surface area contributed by atoms with Crippen molar-refractivity contribution in [2.75, 3.05) is 24.5 Å². The summed E-state index contributed by atoms with van der Waals surface area (Å²) in [6, 6.07) is 3.71. The highest BCUT2D eigenvalue weighted by Gasteiger charge is 2.23. The number of benzene rings is 1. The zero-order chi connectivity index (χ0) is 17.8. The SMILES string of the molecule is Cc1nc(CNC(=O)NCC2CCN(c3ccc(F)c(F)c3)C2)cs1. The maximum absolute atomic E-state index is 13.3. The molecule has 0 spiro atoms. The molecule has 1 aliphatic heterocycles. The molecular formula is C17H20F2N4OS. The highest BCUT2D eigenvalue weighted by Crippen LogP contribution is 2.24. The van der Waals surface area contributed by atoms with E-state index in [2.05, 4.69) is 15.6 Å². The molecule has 1 aromatic heterocycles. The van der Waals surface area contributed by atoms with Crippen molar-refractivity contribution in [2.24, 2.45) is 5.92 Å². The standard InChI is InChI=1S/C17H20F2N4OS/c1-11-22-13(10-25-11)8-21-17(24)20-7-12-4-5-23(9-12)14-2-3-15(18)16(19)6-14/h2-3,6,10,12H,4-5,7-9H2,1H3,(H2,20,21,24). The molecule has 1 fully saturated rings. The van der Waals surface area contributed by atoms with Crippen LogP contribution in [0.3, 0.4) is 0 Å². The van der Waals surface area contributed by atoms with Gasteiger partial charge in [0.25, 0.3) is 0 Å². The number of nitrogens with zero attached hydrogens (tertiary/aromatic N) is 2. The topological polar surface area (TPSA) is 57.3 Å². The van der Waals surface area contributed by atoms with Gasteiger partial charge in [-0.2, -0.15) is 0 Å². The summed E-state index contributed by atoms with van der Waals surface area (Å²) in [5, 5.41) is 8.54. The monoisotopic (exact) mass is 366 g/mol. The summed E-state index contributed by atoms with van der Waals surface area (Å²) in [7, 11) is 0. The molecule has 1 aromatic carbocycles. The van der Waals surface area contributed by atoms with Crippen LogP contribution in [0.2, 0.25) is 0 Å². The van der Waals surface area contributed by atoms with Gasteiger partial charge in [0.15, 0.2) is 11.6 Å². The molecule has 134 valence electrons. The third kappa shape index (κ3) is 4.66. The second kappa shape index (κ2) is 7.77. The summed E-state index contributed by atoms with van der Waals surface area (Å²) >= 11 is 1.55. The van der Waals surface area contributed by atoms with Crippen LogP contribution in [0.5, 0.6) is 0 Å². The quantitative estimate of drug-likeness (QED) is 0.855. The Morgan fingerprint density at radius 3 is 2.92 bits per heavy atom. The minimum Gasteiger partial charge on any atom is -0.371 e. The van der Waals surface area contributed by atoms with E-state index in [4.69, 9.17) is 0 Å². The maximum atomic E-state index is 13.3. The number of amides is 2. The van der Waals surface area contributed by atoms with Crippen molar-refractivity contribution < 1.29 is 13.6 Å². The van der Waals surface area contributed by atoms with Crippen LogP contribution in [0.15, 0.2) is 23.6 Å². The molecular weight excluding hydrogens is 346 g/mol. The molecule has 1 aliphatic rings. The van der Waals surface area contributed by atoms with E-state index in [1.165, 1.54) is 6.07 Å². The lowest BCUT2D eigenvalue weighted by atomic mass is 10.1. The molecule has 2 N–H and O–H groups in total. The molecule has 8 heteroatoms. The molecule has 2 amide bonds. The van der Waals surface area contributed by atoms with E-state index >= 15 is 0 Å². The summed E-state index contributed by atoms with van der Waals surface area (Å²) in [5.74, 6) is -1.40. The first-order valence-electron chi connectivity index (χ1n) is 8.14. The van der Waals surface area contributed by atoms with Gasteiger partial charge in [0, 0.05) is 36.8 Å². The molecule has 25 heavy (non-hydrogen) atoms. The van der Waals surface area contributed by atoms with Gasteiger partial charge in [-0.25, -0.2) is 18.6 Å². The van der Waals surface area contributed by atoms with Crippen LogP contribution < -0.4 is 15.5 Å². The van der Waals surface area contributed by atoms with Gasteiger partial charge in [-0.15, -0.1) is 11.3 Å². The van der Waals surface area contributed by atoms with Gasteiger partial charge < -0.3 is 15.5 Å². The highest BCUT2D eigenvalue weighted by atomic mass is 32.1. The number of aryl methyl sites for hydroxylation is 1. The summed E-state index contributed by atoms with van der Waals surface area (Å²) in [6.07, 6.45) is 0.893. The van der Waals surface area contributed by atoms with Crippen molar-refractivity contribution in [3.05, 3.63) is 45.9 Å². The summed E-state index contributed by atoms with van der Waals surface area (Å²) in [4.78, 5) is 18.2. The molecule has 0 saturated carbocycles. The van der Waals surface area contributed by atoms with E-state index in [0.717, 1.165) is 29.7 Å². The Morgan fingerprint density at radius 2 is 2.20 bits per heavy atom. The zero-order valence-corrected chi connectivity index (χ0v) is 14.7. The van der Waals surface area contributed by atoms with Crippen molar-refractivity contribution in [3.63, 3.8) is 0 Å². The molecule has 0 bridgehead atoms. The van der Waals surface area contributed by atoms with E-state index in [9.17, 15) is 13.6 Å². The van der Waals surface area contributed by atoms with Crippen LogP contribution in [0, 0.1) is 24.5 Å². The van der Waals surface area contributed by atoms with Gasteiger partial charge in [0.05, 0.1) is 17.2 Å². The number of rotatable bonds is 5. The minimum atomic E-state index is -0.840. The summed E-state index contributed by atoms with van der Waals surface area (Å²) < 4.78 is 26.4. The summed E-state index contributed by atoms with van der Waals surface area (Å²) in [5.41, 5.74) is 1.52. The normalized spacial score (nSPS) is 16.9. The van der Waals surface area contributed by atoms with Crippen LogP contribution in [0.1, 0.15) is 17.1 Å². The molecule has 3 rings (SSSR count). The molecule has 1 saturated heterocycles. The van der Waals surface area contributed by atoms with Crippen LogP contribution >= 0.6 is 11.3 Å². The average molecular weight is 366 g/mol. The van der Waals surface area contributed by atoms with Gasteiger partial charge in [-0.05, 0) is 31.4 Å². The molecule has 2 heterocycles. The second-order valence-electron chi connectivity index (χ2n) is 6.12. The zero-order valence-electron chi connectivity index (χ0n) is 13.9. The smallest absolute Gasteiger partial charge is 0.315 e. The predicted molar refractivity (Wildman–Crippen MR) is 93.8 cm³/mol. The maximum Gasteiger partial charge on any atom is 0.315 e. The fourth-order valence-electron chi connectivity index (χ4n) is 2.88. The largest absolute Gasteiger partial charge is 0.371 e. The van der Waals surface area contributed by atoms with E-state index in [1.54, 1.807) is 17.4 Å². The molecule has 1 atom stereocenters. The average Bonchev–Trinajstić information content (AvgIpc) is 3.22. The van der Waals surface area contributed by atoms with Gasteiger partial charge in [0.1, 0.15) is 0 Å². The Bertz CT molecular complexity index is 752. The van der Waals surface area contributed by atoms with E-state index < -0.39 is 11.6 Å². The Kier molecular flexibility index (Phi) is 5.47. The number of anilines is 1. The number of aromatic nitrogens is 1. The van der Waals surface area contributed by atoms with Crippen molar-refractivity contribution >= 4 is 23.1 Å². The third-order valence-corrected chi connectivity index (χ3v) is 5.02. The van der Waals surface area contributed by atoms with Gasteiger partial charge in [0.2, 0.25) is 0 Å². The molecule has 2 aromatic rings. The lowest BCUT2D eigenvalue weighted by Gasteiger charge is -2.19. The molecule has 1 unspecified atom stereocenters. The van der Waals surface area contributed by atoms with Crippen molar-refractivity contribution in [3.8, 4) is 0 Å². The van der Waals surface area contributed by atoms with Crippen LogP contribution in [-0.2, 0) is 6.54 Å². The molecule has 0 aliphatic carbocycles. The van der Waals surface area contributed by atoms with E-state index in [1.807, 2.05) is 17.2 Å². The number of halogens is 2. The van der Waals surface area contributed by atoms with Crippen molar-refractivity contribution in [1.29, 1.82) is 0 Å². The Hall–Kier alpha value is -2.22. The highest BCUT2D eigenvalue weighted by molar-refractivity contribution is 7.09. The number of hydrogen-bond donors (Lipinski definition) is 2. The molecule has 0 radical (unpaired) electrons. The lowest BCUT2D eigenvalue weighted by molar-refractivity contribution is 0.239. The Labute approximate surface area is 149 Å².